The zero-order chi connectivity index (χ0) is 11.0. The van der Waals surface area contributed by atoms with Gasteiger partial charge in [-0.1, -0.05) is 25.7 Å². The summed E-state index contributed by atoms with van der Waals surface area (Å²) in [6.07, 6.45) is 12.6. The Morgan fingerprint density at radius 2 is 1.81 bits per heavy atom. The molecule has 2 heteroatoms. The molecule has 16 heavy (non-hydrogen) atoms. The maximum atomic E-state index is 5.97. The van der Waals surface area contributed by atoms with Crippen molar-refractivity contribution in [3.63, 3.8) is 0 Å². The highest BCUT2D eigenvalue weighted by molar-refractivity contribution is 5.74. The summed E-state index contributed by atoms with van der Waals surface area (Å²) in [6, 6.07) is 0. The zero-order valence-corrected chi connectivity index (χ0v) is 10.4. The quantitative estimate of drug-likeness (QED) is 0.611. The van der Waals surface area contributed by atoms with Crippen molar-refractivity contribution in [2.45, 2.75) is 76.4 Å². The summed E-state index contributed by atoms with van der Waals surface area (Å²) >= 11 is 0. The van der Waals surface area contributed by atoms with Crippen LogP contribution in [-0.2, 0) is 4.74 Å². The van der Waals surface area contributed by atoms with E-state index in [0.29, 0.717) is 6.10 Å². The molecule has 1 aliphatic heterocycles. The Labute approximate surface area is 98.5 Å². The second kappa shape index (κ2) is 4.05. The highest BCUT2D eigenvalue weighted by Crippen LogP contribution is 2.47. The molecule has 0 aromatic rings. The molecule has 3 aliphatic rings. The van der Waals surface area contributed by atoms with Gasteiger partial charge in [0.05, 0.1) is 5.54 Å². The van der Waals surface area contributed by atoms with Crippen molar-refractivity contribution in [1.29, 1.82) is 0 Å². The Bertz CT molecular complexity index is 291. The molecule has 2 saturated carbocycles. The maximum absolute atomic E-state index is 5.97. The average molecular weight is 221 g/mol. The third-order valence-corrected chi connectivity index (χ3v) is 4.81. The molecule has 90 valence electrons. The van der Waals surface area contributed by atoms with Gasteiger partial charge in [-0.2, -0.15) is 0 Å². The van der Waals surface area contributed by atoms with E-state index in [2.05, 4.69) is 6.92 Å². The van der Waals surface area contributed by atoms with Crippen molar-refractivity contribution >= 4 is 5.90 Å². The monoisotopic (exact) mass is 221 g/mol. The highest BCUT2D eigenvalue weighted by Gasteiger charge is 2.47. The predicted molar refractivity (Wildman–Crippen MR) is 65.8 cm³/mol. The standard InChI is InChI=1S/C14H23NO/c1-11-15-14(9-5-2-6-10-14)12-7-3-4-8-13(12)16-11/h12-13H,2-10H2,1H3. The molecule has 2 atom stereocenters. The molecule has 1 spiro atoms. The van der Waals surface area contributed by atoms with Crippen LogP contribution in [0, 0.1) is 5.92 Å². The third-order valence-electron chi connectivity index (χ3n) is 4.81. The zero-order valence-electron chi connectivity index (χ0n) is 10.4. The van der Waals surface area contributed by atoms with Gasteiger partial charge in [0.15, 0.2) is 5.90 Å². The second-order valence-electron chi connectivity index (χ2n) is 5.84. The first kappa shape index (κ1) is 10.6. The SMILES string of the molecule is CC1=NC2(CCCCC2)C2CCCCC2O1. The van der Waals surface area contributed by atoms with Gasteiger partial charge < -0.3 is 4.74 Å². The Balaban J connectivity index is 1.90. The van der Waals surface area contributed by atoms with E-state index in [1.54, 1.807) is 0 Å². The van der Waals surface area contributed by atoms with Crippen LogP contribution >= 0.6 is 0 Å². The Hall–Kier alpha value is -0.530. The first-order valence-electron chi connectivity index (χ1n) is 7.03. The molecular weight excluding hydrogens is 198 g/mol. The van der Waals surface area contributed by atoms with Gasteiger partial charge in [-0.3, -0.25) is 0 Å². The Kier molecular flexibility index (Phi) is 2.68. The van der Waals surface area contributed by atoms with Gasteiger partial charge in [-0.25, -0.2) is 4.99 Å². The number of rotatable bonds is 0. The molecule has 0 aromatic heterocycles. The number of hydrogen-bond donors (Lipinski definition) is 0. The van der Waals surface area contributed by atoms with E-state index in [4.69, 9.17) is 9.73 Å². The van der Waals surface area contributed by atoms with Crippen molar-refractivity contribution in [2.24, 2.45) is 10.9 Å². The van der Waals surface area contributed by atoms with E-state index in [-0.39, 0.29) is 5.54 Å². The normalized spacial score (nSPS) is 37.4. The fourth-order valence-electron chi connectivity index (χ4n) is 4.14. The summed E-state index contributed by atoms with van der Waals surface area (Å²) in [4.78, 5) is 4.95. The van der Waals surface area contributed by atoms with Crippen LogP contribution in [0.25, 0.3) is 0 Å². The molecular formula is C14H23NO. The topological polar surface area (TPSA) is 21.6 Å². The lowest BCUT2D eigenvalue weighted by atomic mass is 9.66. The lowest BCUT2D eigenvalue weighted by molar-refractivity contribution is -0.00162. The molecule has 2 unspecified atom stereocenters. The van der Waals surface area contributed by atoms with Crippen molar-refractivity contribution in [1.82, 2.24) is 0 Å². The minimum atomic E-state index is 0.283. The molecule has 0 radical (unpaired) electrons. The third kappa shape index (κ3) is 1.66. The predicted octanol–water partition coefficient (Wildman–Crippen LogP) is 3.70. The second-order valence-corrected chi connectivity index (χ2v) is 5.84. The molecule has 0 N–H and O–H groups in total. The molecule has 2 nitrogen and oxygen atoms in total. The minimum Gasteiger partial charge on any atom is -0.478 e. The molecule has 0 bridgehead atoms. The Morgan fingerprint density at radius 3 is 2.62 bits per heavy atom. The summed E-state index contributed by atoms with van der Waals surface area (Å²) in [7, 11) is 0. The van der Waals surface area contributed by atoms with E-state index >= 15 is 0 Å². The van der Waals surface area contributed by atoms with Gasteiger partial charge in [0.25, 0.3) is 0 Å². The van der Waals surface area contributed by atoms with Crippen LogP contribution in [0.3, 0.4) is 0 Å². The molecule has 2 aliphatic carbocycles. The van der Waals surface area contributed by atoms with Gasteiger partial charge in [-0.05, 0) is 32.1 Å². The maximum Gasteiger partial charge on any atom is 0.180 e. The smallest absolute Gasteiger partial charge is 0.180 e. The van der Waals surface area contributed by atoms with E-state index in [0.717, 1.165) is 11.8 Å². The van der Waals surface area contributed by atoms with Gasteiger partial charge >= 0.3 is 0 Å². The van der Waals surface area contributed by atoms with Crippen LogP contribution in [0.15, 0.2) is 4.99 Å². The van der Waals surface area contributed by atoms with Crippen LogP contribution in [-0.4, -0.2) is 17.5 Å². The van der Waals surface area contributed by atoms with Gasteiger partial charge in [0.1, 0.15) is 6.10 Å². The molecule has 3 rings (SSSR count). The highest BCUT2D eigenvalue weighted by atomic mass is 16.5. The minimum absolute atomic E-state index is 0.283. The first-order chi connectivity index (χ1) is 7.80. The summed E-state index contributed by atoms with van der Waals surface area (Å²) in [5.41, 5.74) is 0.283. The number of hydrogen-bond acceptors (Lipinski definition) is 2. The van der Waals surface area contributed by atoms with Crippen LogP contribution in [0.4, 0.5) is 0 Å². The van der Waals surface area contributed by atoms with Gasteiger partial charge in [0, 0.05) is 12.8 Å². The van der Waals surface area contributed by atoms with E-state index in [1.807, 2.05) is 0 Å². The van der Waals surface area contributed by atoms with Crippen molar-refractivity contribution < 1.29 is 4.74 Å². The summed E-state index contributed by atoms with van der Waals surface area (Å²) in [6.45, 7) is 2.06. The summed E-state index contributed by atoms with van der Waals surface area (Å²) < 4.78 is 5.97. The van der Waals surface area contributed by atoms with E-state index in [1.165, 1.54) is 57.8 Å². The largest absolute Gasteiger partial charge is 0.478 e. The fraction of sp³-hybridized carbons (Fsp3) is 0.929. The molecule has 1 heterocycles. The van der Waals surface area contributed by atoms with E-state index < -0.39 is 0 Å². The van der Waals surface area contributed by atoms with Gasteiger partial charge in [-0.15, -0.1) is 0 Å². The number of nitrogens with zero attached hydrogens (tertiary/aromatic N) is 1. The number of ether oxygens (including phenoxy) is 1. The number of aliphatic imine (C=N–C) groups is 1. The molecule has 0 saturated heterocycles. The van der Waals surface area contributed by atoms with Crippen molar-refractivity contribution in [2.75, 3.05) is 0 Å². The van der Waals surface area contributed by atoms with Crippen LogP contribution in [0.1, 0.15) is 64.7 Å². The lowest BCUT2D eigenvalue weighted by Crippen LogP contribution is -2.51. The van der Waals surface area contributed by atoms with Gasteiger partial charge in [0.2, 0.25) is 0 Å². The summed E-state index contributed by atoms with van der Waals surface area (Å²) in [5.74, 6) is 1.69. The summed E-state index contributed by atoms with van der Waals surface area (Å²) in [5, 5.41) is 0. The average Bonchev–Trinajstić information content (AvgIpc) is 2.30. The van der Waals surface area contributed by atoms with Crippen LogP contribution < -0.4 is 0 Å². The molecule has 2 fully saturated rings. The number of fused-ring (bicyclic) bond motifs is 2. The molecule has 0 aromatic carbocycles. The van der Waals surface area contributed by atoms with Crippen molar-refractivity contribution in [3.05, 3.63) is 0 Å². The first-order valence-corrected chi connectivity index (χ1v) is 7.03. The van der Waals surface area contributed by atoms with Crippen LogP contribution in [0.5, 0.6) is 0 Å². The van der Waals surface area contributed by atoms with E-state index in [9.17, 15) is 0 Å². The van der Waals surface area contributed by atoms with Crippen LogP contribution in [0.2, 0.25) is 0 Å². The fourth-order valence-corrected chi connectivity index (χ4v) is 4.14. The Morgan fingerprint density at radius 1 is 1.06 bits per heavy atom. The van der Waals surface area contributed by atoms with Crippen molar-refractivity contribution in [3.8, 4) is 0 Å². The molecule has 0 amide bonds. The lowest BCUT2D eigenvalue weighted by Gasteiger charge is -2.49.